The smallest absolute Gasteiger partial charge is 0.255 e. The molecule has 124 valence electrons. The van der Waals surface area contributed by atoms with Gasteiger partial charge in [0.1, 0.15) is 0 Å². The Hall–Kier alpha value is -2.15. The highest BCUT2D eigenvalue weighted by Gasteiger charge is 2.30. The molecule has 0 bridgehead atoms. The van der Waals surface area contributed by atoms with E-state index in [1.165, 1.54) is 0 Å². The molecular weight excluding hydrogens is 296 g/mol. The van der Waals surface area contributed by atoms with Crippen LogP contribution in [0.25, 0.3) is 0 Å². The summed E-state index contributed by atoms with van der Waals surface area (Å²) in [6.45, 7) is 10.1. The number of rotatable bonds is 3. The van der Waals surface area contributed by atoms with Crippen LogP contribution in [0.3, 0.4) is 0 Å². The molecule has 1 saturated heterocycles. The number of carbonyl (C=O) groups is 1. The Labute approximate surface area is 135 Å². The Kier molecular flexibility index (Phi) is 4.21. The van der Waals surface area contributed by atoms with Crippen LogP contribution in [0, 0.1) is 20.8 Å². The van der Waals surface area contributed by atoms with Crippen LogP contribution in [-0.4, -0.2) is 45.3 Å². The van der Waals surface area contributed by atoms with Crippen molar-refractivity contribution in [2.45, 2.75) is 40.3 Å². The first-order chi connectivity index (χ1) is 11.0. The van der Waals surface area contributed by atoms with Crippen LogP contribution in [0.1, 0.15) is 46.6 Å². The molecule has 0 radical (unpaired) electrons. The number of morpholine rings is 1. The third-order valence-corrected chi connectivity index (χ3v) is 4.29. The lowest BCUT2D eigenvalue weighted by atomic mass is 10.2. The molecule has 7 heteroatoms. The second kappa shape index (κ2) is 6.16. The summed E-state index contributed by atoms with van der Waals surface area (Å²) in [6.07, 6.45) is -0.358. The zero-order valence-corrected chi connectivity index (χ0v) is 14.0. The van der Waals surface area contributed by atoms with E-state index in [1.807, 2.05) is 19.9 Å². The van der Waals surface area contributed by atoms with Crippen LogP contribution >= 0.6 is 0 Å². The minimum absolute atomic E-state index is 0.0299. The number of amides is 1. The second-order valence-corrected chi connectivity index (χ2v) is 5.80. The summed E-state index contributed by atoms with van der Waals surface area (Å²) in [5, 5.41) is 7.83. The van der Waals surface area contributed by atoms with E-state index in [0.29, 0.717) is 31.5 Å². The van der Waals surface area contributed by atoms with E-state index in [0.717, 1.165) is 23.5 Å². The maximum Gasteiger partial charge on any atom is 0.255 e. The highest BCUT2D eigenvalue weighted by Crippen LogP contribution is 2.24. The summed E-state index contributed by atoms with van der Waals surface area (Å²) in [5.74, 6) is 0.958. The van der Waals surface area contributed by atoms with Crippen molar-refractivity contribution in [3.05, 3.63) is 34.8 Å². The fourth-order valence-corrected chi connectivity index (χ4v) is 3.10. The number of ether oxygens (including phenoxy) is 1. The number of carbonyl (C=O) groups excluding carboxylic acids is 1. The van der Waals surface area contributed by atoms with Gasteiger partial charge in [-0.2, -0.15) is 0 Å². The highest BCUT2D eigenvalue weighted by atomic mass is 16.5. The molecule has 0 aromatic carbocycles. The molecule has 23 heavy (non-hydrogen) atoms. The summed E-state index contributed by atoms with van der Waals surface area (Å²) in [5.41, 5.74) is 2.86. The fraction of sp³-hybridized carbons (Fsp3) is 0.562. The summed E-state index contributed by atoms with van der Waals surface area (Å²) >= 11 is 0. The summed E-state index contributed by atoms with van der Waals surface area (Å²) < 4.78 is 13.3. The number of aryl methyl sites for hydroxylation is 2. The Balaban J connectivity index is 1.80. The number of hydrogen-bond acceptors (Lipinski definition) is 5. The van der Waals surface area contributed by atoms with Gasteiger partial charge in [-0.05, 0) is 26.8 Å². The normalized spacial score (nSPS) is 18.4. The van der Waals surface area contributed by atoms with Gasteiger partial charge in [0.15, 0.2) is 6.10 Å². The van der Waals surface area contributed by atoms with Crippen molar-refractivity contribution < 1.29 is 13.9 Å². The molecule has 1 aliphatic rings. The van der Waals surface area contributed by atoms with E-state index in [2.05, 4.69) is 21.7 Å². The first kappa shape index (κ1) is 15.7. The molecule has 1 atom stereocenters. The molecule has 0 spiro atoms. The molecule has 1 amide bonds. The minimum atomic E-state index is -0.358. The lowest BCUT2D eigenvalue weighted by molar-refractivity contribution is -0.0349. The summed E-state index contributed by atoms with van der Waals surface area (Å²) in [6, 6.07) is 1.96. The number of hydrogen-bond donors (Lipinski definition) is 0. The van der Waals surface area contributed by atoms with E-state index in [-0.39, 0.29) is 12.0 Å². The van der Waals surface area contributed by atoms with Crippen molar-refractivity contribution in [2.75, 3.05) is 19.7 Å². The molecular formula is C16H22N4O3. The molecule has 7 nitrogen and oxygen atoms in total. The van der Waals surface area contributed by atoms with Crippen molar-refractivity contribution in [1.82, 2.24) is 19.7 Å². The second-order valence-electron chi connectivity index (χ2n) is 5.80. The monoisotopic (exact) mass is 318 g/mol. The topological polar surface area (TPSA) is 73.4 Å². The van der Waals surface area contributed by atoms with Crippen molar-refractivity contribution in [1.29, 1.82) is 0 Å². The lowest BCUT2D eigenvalue weighted by Gasteiger charge is -2.31. The molecule has 0 saturated carbocycles. The van der Waals surface area contributed by atoms with E-state index >= 15 is 0 Å². The fourth-order valence-electron chi connectivity index (χ4n) is 3.10. The molecule has 0 aliphatic carbocycles. The Bertz CT molecular complexity index is 719. The maximum atomic E-state index is 12.9. The highest BCUT2D eigenvalue weighted by molar-refractivity contribution is 5.95. The van der Waals surface area contributed by atoms with Gasteiger partial charge in [-0.3, -0.25) is 4.79 Å². The van der Waals surface area contributed by atoms with Crippen LogP contribution in [0.4, 0.5) is 0 Å². The zero-order valence-electron chi connectivity index (χ0n) is 14.0. The predicted molar refractivity (Wildman–Crippen MR) is 83.2 cm³/mol. The van der Waals surface area contributed by atoms with E-state index in [1.54, 1.807) is 11.8 Å². The third kappa shape index (κ3) is 2.88. The van der Waals surface area contributed by atoms with Gasteiger partial charge in [-0.15, -0.1) is 10.2 Å². The summed E-state index contributed by atoms with van der Waals surface area (Å²) in [7, 11) is 0. The first-order valence-corrected chi connectivity index (χ1v) is 7.88. The molecule has 0 N–H and O–H groups in total. The van der Waals surface area contributed by atoms with Gasteiger partial charge in [0.25, 0.3) is 5.91 Å². The van der Waals surface area contributed by atoms with Gasteiger partial charge in [-0.25, -0.2) is 0 Å². The van der Waals surface area contributed by atoms with E-state index in [4.69, 9.17) is 9.15 Å². The molecule has 2 aromatic rings. The summed E-state index contributed by atoms with van der Waals surface area (Å²) in [4.78, 5) is 14.7. The lowest BCUT2D eigenvalue weighted by Crippen LogP contribution is -2.42. The third-order valence-electron chi connectivity index (χ3n) is 4.29. The van der Waals surface area contributed by atoms with Crippen LogP contribution < -0.4 is 0 Å². The van der Waals surface area contributed by atoms with E-state index in [9.17, 15) is 4.79 Å². The molecule has 2 aromatic heterocycles. The van der Waals surface area contributed by atoms with Gasteiger partial charge in [0, 0.05) is 31.4 Å². The SMILES string of the molecule is CCn1c(C)cc(C(=O)N2CCOC(c3nnc(C)o3)C2)c1C. The van der Waals surface area contributed by atoms with Gasteiger partial charge in [-0.1, -0.05) is 0 Å². The maximum absolute atomic E-state index is 12.9. The van der Waals surface area contributed by atoms with Gasteiger partial charge >= 0.3 is 0 Å². The standard InChI is InChI=1S/C16H22N4O3/c1-5-20-10(2)8-13(11(20)3)16(21)19-6-7-22-14(9-19)15-18-17-12(4)23-15/h8,14H,5-7,9H2,1-4H3. The van der Waals surface area contributed by atoms with Crippen molar-refractivity contribution in [2.24, 2.45) is 0 Å². The Morgan fingerprint density at radius 1 is 1.35 bits per heavy atom. The van der Waals surface area contributed by atoms with Gasteiger partial charge < -0.3 is 18.6 Å². The molecule has 1 aliphatic heterocycles. The average molecular weight is 318 g/mol. The van der Waals surface area contributed by atoms with Crippen molar-refractivity contribution in [3.8, 4) is 0 Å². The van der Waals surface area contributed by atoms with Crippen LogP contribution in [0.2, 0.25) is 0 Å². The van der Waals surface area contributed by atoms with Crippen LogP contribution in [-0.2, 0) is 11.3 Å². The van der Waals surface area contributed by atoms with Crippen molar-refractivity contribution >= 4 is 5.91 Å². The average Bonchev–Trinajstić information content (AvgIpc) is 3.10. The Morgan fingerprint density at radius 2 is 2.13 bits per heavy atom. The van der Waals surface area contributed by atoms with Crippen LogP contribution in [0.15, 0.2) is 10.5 Å². The van der Waals surface area contributed by atoms with E-state index < -0.39 is 0 Å². The van der Waals surface area contributed by atoms with Gasteiger partial charge in [0.05, 0.1) is 18.7 Å². The quantitative estimate of drug-likeness (QED) is 0.866. The van der Waals surface area contributed by atoms with Crippen LogP contribution in [0.5, 0.6) is 0 Å². The molecule has 1 unspecified atom stereocenters. The number of aromatic nitrogens is 3. The predicted octanol–water partition coefficient (Wildman–Crippen LogP) is 2.03. The molecule has 3 rings (SSSR count). The zero-order chi connectivity index (χ0) is 16.6. The largest absolute Gasteiger partial charge is 0.423 e. The van der Waals surface area contributed by atoms with Crippen molar-refractivity contribution in [3.63, 3.8) is 0 Å². The number of nitrogens with zero attached hydrogens (tertiary/aromatic N) is 4. The molecule has 3 heterocycles. The minimum Gasteiger partial charge on any atom is -0.423 e. The first-order valence-electron chi connectivity index (χ1n) is 7.88. The molecule has 1 fully saturated rings. The Morgan fingerprint density at radius 3 is 2.74 bits per heavy atom. The van der Waals surface area contributed by atoms with Gasteiger partial charge in [0.2, 0.25) is 11.8 Å².